The first-order valence-corrected chi connectivity index (χ1v) is 4.67. The van der Waals surface area contributed by atoms with Crippen molar-refractivity contribution >= 4 is 11.8 Å². The van der Waals surface area contributed by atoms with E-state index in [0.717, 1.165) is 5.75 Å². The van der Waals surface area contributed by atoms with E-state index in [-0.39, 0.29) is 0 Å². The fourth-order valence-corrected chi connectivity index (χ4v) is 1.34. The topological polar surface area (TPSA) is 26.0 Å². The lowest BCUT2D eigenvalue weighted by Crippen LogP contribution is -2.28. The van der Waals surface area contributed by atoms with E-state index >= 15 is 0 Å². The van der Waals surface area contributed by atoms with Crippen LogP contribution in [-0.4, -0.2) is 17.5 Å². The van der Waals surface area contributed by atoms with E-state index in [1.165, 1.54) is 5.75 Å². The van der Waals surface area contributed by atoms with Crippen molar-refractivity contribution in [1.82, 2.24) is 0 Å². The molecule has 0 saturated carbocycles. The van der Waals surface area contributed by atoms with Gasteiger partial charge in [0.05, 0.1) is 0 Å². The second-order valence-corrected chi connectivity index (χ2v) is 3.89. The first-order valence-electron chi connectivity index (χ1n) is 3.51. The Labute approximate surface area is 62.4 Å². The summed E-state index contributed by atoms with van der Waals surface area (Å²) in [4.78, 5) is 0. The van der Waals surface area contributed by atoms with Crippen molar-refractivity contribution < 1.29 is 0 Å². The highest BCUT2D eigenvalue weighted by Crippen LogP contribution is 2.06. The van der Waals surface area contributed by atoms with Gasteiger partial charge >= 0.3 is 0 Å². The zero-order chi connectivity index (χ0) is 7.28. The molecule has 0 aliphatic carbocycles. The van der Waals surface area contributed by atoms with Gasteiger partial charge in [0.25, 0.3) is 0 Å². The predicted octanol–water partition coefficient (Wildman–Crippen LogP) is 1.72. The lowest BCUT2D eigenvalue weighted by atomic mass is 10.1. The largest absolute Gasteiger partial charge is 0.327 e. The van der Waals surface area contributed by atoms with Gasteiger partial charge in [0, 0.05) is 11.8 Å². The molecule has 0 aromatic rings. The van der Waals surface area contributed by atoms with Gasteiger partial charge in [0.1, 0.15) is 0 Å². The highest BCUT2D eigenvalue weighted by molar-refractivity contribution is 7.99. The van der Waals surface area contributed by atoms with Crippen molar-refractivity contribution in [2.24, 2.45) is 11.7 Å². The highest BCUT2D eigenvalue weighted by Gasteiger charge is 2.05. The maximum Gasteiger partial charge on any atom is 0.0153 e. The van der Waals surface area contributed by atoms with E-state index in [4.69, 9.17) is 5.73 Å². The first kappa shape index (κ1) is 9.31. The van der Waals surface area contributed by atoms with Gasteiger partial charge in [-0.3, -0.25) is 0 Å². The third kappa shape index (κ3) is 4.79. The van der Waals surface area contributed by atoms with Crippen LogP contribution in [0, 0.1) is 5.92 Å². The fourth-order valence-electron chi connectivity index (χ4n) is 0.446. The third-order valence-corrected chi connectivity index (χ3v) is 2.40. The number of hydrogen-bond acceptors (Lipinski definition) is 2. The molecule has 0 rings (SSSR count). The molecule has 2 heteroatoms. The van der Waals surface area contributed by atoms with Crippen LogP contribution in [0.2, 0.25) is 0 Å². The van der Waals surface area contributed by atoms with Crippen molar-refractivity contribution in [2.75, 3.05) is 11.5 Å². The summed E-state index contributed by atoms with van der Waals surface area (Å²) in [6.07, 6.45) is 0. The lowest BCUT2D eigenvalue weighted by molar-refractivity contribution is 0.536. The van der Waals surface area contributed by atoms with Crippen molar-refractivity contribution in [3.8, 4) is 0 Å². The molecule has 1 atom stereocenters. The van der Waals surface area contributed by atoms with E-state index < -0.39 is 0 Å². The van der Waals surface area contributed by atoms with Crippen LogP contribution in [-0.2, 0) is 0 Å². The van der Waals surface area contributed by atoms with Crippen molar-refractivity contribution in [2.45, 2.75) is 26.8 Å². The van der Waals surface area contributed by atoms with Crippen LogP contribution in [0.25, 0.3) is 0 Å². The van der Waals surface area contributed by atoms with Gasteiger partial charge in [-0.2, -0.15) is 11.8 Å². The van der Waals surface area contributed by atoms with Crippen LogP contribution in [0.15, 0.2) is 0 Å². The number of thioether (sulfide) groups is 1. The SMILES string of the molecule is CCSCC(N)C(C)C. The number of hydrogen-bond donors (Lipinski definition) is 1. The van der Waals surface area contributed by atoms with Crippen LogP contribution in [0.1, 0.15) is 20.8 Å². The Morgan fingerprint density at radius 2 is 2.00 bits per heavy atom. The van der Waals surface area contributed by atoms with Gasteiger partial charge in [-0.25, -0.2) is 0 Å². The highest BCUT2D eigenvalue weighted by atomic mass is 32.2. The molecule has 0 fully saturated rings. The van der Waals surface area contributed by atoms with Gasteiger partial charge in [-0.1, -0.05) is 20.8 Å². The molecule has 0 aromatic heterocycles. The monoisotopic (exact) mass is 147 g/mol. The lowest BCUT2D eigenvalue weighted by Gasteiger charge is -2.13. The Morgan fingerprint density at radius 1 is 1.44 bits per heavy atom. The van der Waals surface area contributed by atoms with E-state index in [2.05, 4.69) is 20.8 Å². The summed E-state index contributed by atoms with van der Waals surface area (Å²) in [6, 6.07) is 0.384. The van der Waals surface area contributed by atoms with Gasteiger partial charge < -0.3 is 5.73 Å². The summed E-state index contributed by atoms with van der Waals surface area (Å²) in [5.74, 6) is 2.92. The van der Waals surface area contributed by atoms with Gasteiger partial charge in [-0.05, 0) is 11.7 Å². The van der Waals surface area contributed by atoms with Crippen LogP contribution in [0.3, 0.4) is 0 Å². The molecule has 1 nitrogen and oxygen atoms in total. The maximum atomic E-state index is 5.78. The molecule has 0 spiro atoms. The van der Waals surface area contributed by atoms with Crippen LogP contribution >= 0.6 is 11.8 Å². The van der Waals surface area contributed by atoms with Gasteiger partial charge in [0.2, 0.25) is 0 Å². The molecular weight excluding hydrogens is 130 g/mol. The summed E-state index contributed by atoms with van der Waals surface area (Å²) in [6.45, 7) is 6.50. The Morgan fingerprint density at radius 3 is 2.33 bits per heavy atom. The van der Waals surface area contributed by atoms with E-state index in [9.17, 15) is 0 Å². The average molecular weight is 147 g/mol. The van der Waals surface area contributed by atoms with Crippen molar-refractivity contribution in [3.63, 3.8) is 0 Å². The van der Waals surface area contributed by atoms with Crippen molar-refractivity contribution in [1.29, 1.82) is 0 Å². The standard InChI is InChI=1S/C7H17NS/c1-4-9-5-7(8)6(2)3/h6-7H,4-5,8H2,1-3H3. The van der Waals surface area contributed by atoms with Crippen LogP contribution in [0.5, 0.6) is 0 Å². The molecule has 0 radical (unpaired) electrons. The number of nitrogens with two attached hydrogens (primary N) is 1. The molecule has 1 unspecified atom stereocenters. The van der Waals surface area contributed by atoms with Crippen LogP contribution < -0.4 is 5.73 Å². The second kappa shape index (κ2) is 5.12. The molecule has 0 amide bonds. The molecule has 0 bridgehead atoms. The fraction of sp³-hybridized carbons (Fsp3) is 1.00. The zero-order valence-electron chi connectivity index (χ0n) is 6.55. The van der Waals surface area contributed by atoms with Crippen LogP contribution in [0.4, 0.5) is 0 Å². The predicted molar refractivity (Wildman–Crippen MR) is 45.8 cm³/mol. The molecule has 0 aliphatic rings. The maximum absolute atomic E-state index is 5.78. The van der Waals surface area contributed by atoms with Gasteiger partial charge in [-0.15, -0.1) is 0 Å². The molecule has 56 valence electrons. The second-order valence-electron chi connectivity index (χ2n) is 2.57. The minimum atomic E-state index is 0.384. The minimum absolute atomic E-state index is 0.384. The quantitative estimate of drug-likeness (QED) is 0.655. The smallest absolute Gasteiger partial charge is 0.0153 e. The average Bonchev–Trinajstić information content (AvgIpc) is 1.82. The Hall–Kier alpha value is 0.310. The Balaban J connectivity index is 3.16. The summed E-state index contributed by atoms with van der Waals surface area (Å²) in [7, 11) is 0. The van der Waals surface area contributed by atoms with Crippen molar-refractivity contribution in [3.05, 3.63) is 0 Å². The molecule has 0 heterocycles. The van der Waals surface area contributed by atoms with Gasteiger partial charge in [0.15, 0.2) is 0 Å². The summed E-state index contributed by atoms with van der Waals surface area (Å²) < 4.78 is 0. The van der Waals surface area contributed by atoms with E-state index in [0.29, 0.717) is 12.0 Å². The zero-order valence-corrected chi connectivity index (χ0v) is 7.37. The molecule has 2 N–H and O–H groups in total. The molecule has 0 aliphatic heterocycles. The third-order valence-electron chi connectivity index (χ3n) is 1.37. The molecule has 0 saturated heterocycles. The summed E-state index contributed by atoms with van der Waals surface area (Å²) in [5, 5.41) is 0. The summed E-state index contributed by atoms with van der Waals surface area (Å²) >= 11 is 1.92. The normalized spacial score (nSPS) is 14.3. The molecule has 9 heavy (non-hydrogen) atoms. The molecule has 0 aromatic carbocycles. The summed E-state index contributed by atoms with van der Waals surface area (Å²) in [5.41, 5.74) is 5.78. The molecular formula is C7H17NS. The minimum Gasteiger partial charge on any atom is -0.327 e. The first-order chi connectivity index (χ1) is 4.18. The van der Waals surface area contributed by atoms with E-state index in [1.807, 2.05) is 11.8 Å². The van der Waals surface area contributed by atoms with E-state index in [1.54, 1.807) is 0 Å². The Bertz CT molecular complexity index is 63.9. The Kier molecular flexibility index (Phi) is 5.30. The number of rotatable bonds is 4.